The first-order chi connectivity index (χ1) is 35.7. The van der Waals surface area contributed by atoms with E-state index in [1.165, 1.54) is 90.6 Å². The summed E-state index contributed by atoms with van der Waals surface area (Å²) in [6.07, 6.45) is 2.81. The van der Waals surface area contributed by atoms with Crippen molar-refractivity contribution < 1.29 is 51.5 Å². The Morgan fingerprint density at radius 1 is 0.410 bits per heavy atom. The van der Waals surface area contributed by atoms with Gasteiger partial charge in [-0.05, 0) is 228 Å². The maximum atomic E-state index is 13.2. The number of rotatable bonds is 6. The van der Waals surface area contributed by atoms with Gasteiger partial charge in [0.05, 0.1) is 8.95 Å². The minimum Gasteiger partial charge on any atom is -0.375 e. The molecule has 78 heavy (non-hydrogen) atoms. The average molecular weight is 1370 g/mol. The molecule has 6 aromatic carbocycles. The summed E-state index contributed by atoms with van der Waals surface area (Å²) >= 11 is 15.1. The molecule has 18 heteroatoms. The quantitative estimate of drug-likeness (QED) is 0.0938. The lowest BCUT2D eigenvalue weighted by molar-refractivity contribution is -0.0505. The van der Waals surface area contributed by atoms with E-state index in [0.717, 1.165) is 12.8 Å². The molecule has 0 radical (unpaired) electrons. The average Bonchev–Trinajstić information content (AvgIpc) is 3.77. The smallest absolute Gasteiger partial charge is 0.375 e. The molecule has 0 N–H and O–H groups in total. The van der Waals surface area contributed by atoms with Crippen LogP contribution in [0.1, 0.15) is 148 Å². The van der Waals surface area contributed by atoms with Crippen molar-refractivity contribution in [1.82, 2.24) is 0 Å². The Morgan fingerprint density at radius 3 is 0.910 bits per heavy atom. The van der Waals surface area contributed by atoms with E-state index in [-0.39, 0.29) is 36.3 Å². The second-order valence-corrected chi connectivity index (χ2v) is 30.5. The Kier molecular flexibility index (Phi) is 14.3. The highest BCUT2D eigenvalue weighted by Crippen LogP contribution is 2.69. The van der Waals surface area contributed by atoms with Gasteiger partial charge in [-0.25, -0.2) is 0 Å². The van der Waals surface area contributed by atoms with Crippen molar-refractivity contribution in [2.75, 3.05) is 0 Å². The predicted molar refractivity (Wildman–Crippen MR) is 310 cm³/mol. The van der Waals surface area contributed by atoms with Gasteiger partial charge in [-0.3, -0.25) is 0 Å². The number of hydrogen-bond donors (Lipinski definition) is 0. The molecule has 0 bridgehead atoms. The van der Waals surface area contributed by atoms with Crippen LogP contribution in [-0.4, -0.2) is 27.9 Å². The molecule has 6 aromatic rings. The summed E-state index contributed by atoms with van der Waals surface area (Å²) < 4.78 is 139. The number of alkyl halides is 6. The van der Waals surface area contributed by atoms with Gasteiger partial charge in [0.1, 0.15) is 0 Å². The van der Waals surface area contributed by atoms with Crippen LogP contribution in [0, 0.1) is 27.7 Å². The first-order valence-corrected chi connectivity index (χ1v) is 31.2. The molecule has 0 amide bonds. The lowest BCUT2D eigenvalue weighted by Crippen LogP contribution is -2.30. The van der Waals surface area contributed by atoms with Crippen LogP contribution < -0.4 is 8.37 Å². The van der Waals surface area contributed by atoms with Crippen LogP contribution in [-0.2, 0) is 52.7 Å². The van der Waals surface area contributed by atoms with Crippen molar-refractivity contribution in [3.05, 3.63) is 170 Å². The fourth-order valence-corrected chi connectivity index (χ4v) is 19.5. The van der Waals surface area contributed by atoms with E-state index in [4.69, 9.17) is 0 Å². The normalized spacial score (nSPS) is 18.7. The van der Waals surface area contributed by atoms with Gasteiger partial charge in [0.2, 0.25) is 0 Å². The summed E-state index contributed by atoms with van der Waals surface area (Å²) in [7, 11) is -12.1. The maximum Gasteiger partial charge on any atom is 0.534 e. The van der Waals surface area contributed by atoms with Gasteiger partial charge in [-0.1, -0.05) is 140 Å². The SMILES string of the molecule is Cc1cc2c(c(Br)c1-c1ccccc1)C1(CC2(C)C)CC(C)(C)c2cc(C)c(-c3ccccc3)c(Br)c21.Cc1cc2c(c(Br)c1OS(=O)(=O)C(F)(F)F)C1(CC2(C)C)CC(C)(C)c2cc(C)c(OS(=O)(=O)C(F)(F)F)c(Br)c21. The molecular weight excluding hydrogens is 1310 g/mol. The van der Waals surface area contributed by atoms with E-state index < -0.39 is 59.0 Å². The number of hydrogen-bond acceptors (Lipinski definition) is 6. The van der Waals surface area contributed by atoms with E-state index in [1.54, 1.807) is 0 Å². The third-order valence-corrected chi connectivity index (χ3v) is 21.6. The van der Waals surface area contributed by atoms with Crippen molar-refractivity contribution in [2.24, 2.45) is 0 Å². The molecular formula is C60H58Br4F6O6S2. The van der Waals surface area contributed by atoms with Crippen LogP contribution in [0.3, 0.4) is 0 Å². The largest absolute Gasteiger partial charge is 0.534 e. The zero-order valence-electron chi connectivity index (χ0n) is 45.0. The number of halogens is 10. The van der Waals surface area contributed by atoms with E-state index >= 15 is 0 Å². The predicted octanol–water partition coefficient (Wildman–Crippen LogP) is 18.7. The third kappa shape index (κ3) is 9.17. The number of aryl methyl sites for hydroxylation is 4. The first kappa shape index (κ1) is 59.0. The van der Waals surface area contributed by atoms with Crippen molar-refractivity contribution in [1.29, 1.82) is 0 Å². The van der Waals surface area contributed by atoms with E-state index in [0.29, 0.717) is 35.1 Å². The molecule has 2 spiro atoms. The number of benzene rings is 6. The molecule has 10 rings (SSSR count). The van der Waals surface area contributed by atoms with Crippen LogP contribution in [0.5, 0.6) is 11.5 Å². The van der Waals surface area contributed by atoms with Gasteiger partial charge in [0, 0.05) is 19.8 Å². The Labute approximate surface area is 487 Å². The van der Waals surface area contributed by atoms with Gasteiger partial charge in [-0.15, -0.1) is 0 Å². The molecule has 4 aliphatic carbocycles. The van der Waals surface area contributed by atoms with Gasteiger partial charge in [0.25, 0.3) is 0 Å². The van der Waals surface area contributed by atoms with Crippen molar-refractivity contribution in [2.45, 2.75) is 152 Å². The fraction of sp³-hybridized carbons (Fsp3) is 0.400. The highest BCUT2D eigenvalue weighted by atomic mass is 79.9. The Balaban J connectivity index is 0.000000190. The van der Waals surface area contributed by atoms with Gasteiger partial charge < -0.3 is 8.37 Å². The molecule has 0 saturated carbocycles. The highest BCUT2D eigenvalue weighted by molar-refractivity contribution is 9.11. The molecule has 0 unspecified atom stereocenters. The van der Waals surface area contributed by atoms with Gasteiger partial charge in [-0.2, -0.15) is 43.2 Å². The summed E-state index contributed by atoms with van der Waals surface area (Å²) in [4.78, 5) is 0. The lowest BCUT2D eigenvalue weighted by atomic mass is 9.72. The number of fused-ring (bicyclic) bond motifs is 8. The van der Waals surface area contributed by atoms with Crippen molar-refractivity contribution in [3.8, 4) is 33.8 Å². The van der Waals surface area contributed by atoms with Crippen LogP contribution in [0.25, 0.3) is 22.3 Å². The van der Waals surface area contributed by atoms with Crippen LogP contribution in [0.4, 0.5) is 26.3 Å². The minimum atomic E-state index is -6.05. The summed E-state index contributed by atoms with van der Waals surface area (Å²) in [5.41, 5.74) is 2.41. The van der Waals surface area contributed by atoms with E-state index in [1.807, 2.05) is 27.7 Å². The Hall–Kier alpha value is -3.68. The van der Waals surface area contributed by atoms with Gasteiger partial charge in [0.15, 0.2) is 11.5 Å². The fourth-order valence-electron chi connectivity index (χ4n) is 14.0. The van der Waals surface area contributed by atoms with Gasteiger partial charge >= 0.3 is 31.3 Å². The van der Waals surface area contributed by atoms with Crippen LogP contribution >= 0.6 is 63.7 Å². The minimum absolute atomic E-state index is 0.0626. The first-order valence-electron chi connectivity index (χ1n) is 25.2. The topological polar surface area (TPSA) is 86.7 Å². The molecule has 0 saturated heterocycles. The molecule has 416 valence electrons. The Morgan fingerprint density at radius 2 is 0.654 bits per heavy atom. The van der Waals surface area contributed by atoms with Crippen molar-refractivity contribution >= 4 is 84.0 Å². The van der Waals surface area contributed by atoms with E-state index in [9.17, 15) is 43.2 Å². The molecule has 0 aliphatic heterocycles. The maximum absolute atomic E-state index is 13.2. The summed E-state index contributed by atoms with van der Waals surface area (Å²) in [5.74, 6) is -1.16. The van der Waals surface area contributed by atoms with E-state index in [2.05, 4.69) is 186 Å². The zero-order valence-corrected chi connectivity index (χ0v) is 52.9. The Bertz CT molecular complexity index is 3500. The summed E-state index contributed by atoms with van der Waals surface area (Å²) in [5, 5.41) is 0. The molecule has 0 heterocycles. The zero-order chi connectivity index (χ0) is 57.8. The lowest BCUT2D eigenvalue weighted by Gasteiger charge is -2.32. The molecule has 0 aromatic heterocycles. The highest BCUT2D eigenvalue weighted by Gasteiger charge is 2.61. The molecule has 4 aliphatic rings. The molecule has 6 nitrogen and oxygen atoms in total. The van der Waals surface area contributed by atoms with Crippen LogP contribution in [0.15, 0.2) is 103 Å². The monoisotopic (exact) mass is 1370 g/mol. The standard InChI is InChI=1S/C35H34Br2.C25H24Br2F6O6S2/c1-21-17-25-29(31(36)27(21)23-13-9-7-10-14-23)35(19-33(25,3)4)20-34(5,6)26-18-22(2)28(32(37)30(26)35)24-15-11-8-12-16-24;1-11-7-13-15(17(26)19(11)38-40(34,35)24(28,29)30)23(9-21(13,3)4)10-22(5,6)14-8-12(2)20(18(27)16(14)23)39-41(36,37)25(31,32)33/h7-18H,19-20H2,1-6H3;7-8H,9-10H2,1-6H3. The van der Waals surface area contributed by atoms with Crippen LogP contribution in [0.2, 0.25) is 0 Å². The molecule has 0 fully saturated rings. The van der Waals surface area contributed by atoms with Crippen molar-refractivity contribution in [3.63, 3.8) is 0 Å². The summed E-state index contributed by atoms with van der Waals surface area (Å²) in [6.45, 7) is 24.6. The second kappa shape index (κ2) is 18.9. The third-order valence-electron chi connectivity index (χ3n) is 16.6. The summed E-state index contributed by atoms with van der Waals surface area (Å²) in [6, 6.07) is 29.8. The molecule has 0 atom stereocenters. The second-order valence-electron chi connectivity index (χ2n) is 24.2.